The number of hydrogen-bond donors (Lipinski definition) is 1. The molecule has 2 rings (SSSR count). The van der Waals surface area contributed by atoms with Gasteiger partial charge in [0.05, 0.1) is 0 Å². The zero-order valence-electron chi connectivity index (χ0n) is 11.4. The van der Waals surface area contributed by atoms with Crippen molar-refractivity contribution >= 4 is 11.6 Å². The molecule has 3 heteroatoms. The van der Waals surface area contributed by atoms with Gasteiger partial charge in [-0.2, -0.15) is 5.26 Å². The monoisotopic (exact) mass is 254 g/mol. The van der Waals surface area contributed by atoms with E-state index < -0.39 is 0 Å². The van der Waals surface area contributed by atoms with Crippen LogP contribution >= 0.6 is 0 Å². The van der Waals surface area contributed by atoms with Crippen LogP contribution in [0.15, 0.2) is 35.4 Å². The second-order valence-corrected chi connectivity index (χ2v) is 5.13. The summed E-state index contributed by atoms with van der Waals surface area (Å²) >= 11 is 0. The van der Waals surface area contributed by atoms with Crippen LogP contribution in [0.25, 0.3) is 0 Å². The number of nitriles is 1. The maximum absolute atomic E-state index is 12.2. The number of aryl methyl sites for hydroxylation is 1. The van der Waals surface area contributed by atoms with Gasteiger partial charge in [0, 0.05) is 5.69 Å². The second kappa shape index (κ2) is 5.71. The molecule has 98 valence electrons. The molecule has 1 aliphatic rings. The number of carbonyl (C=O) groups is 1. The zero-order chi connectivity index (χ0) is 13.8. The third kappa shape index (κ3) is 3.03. The lowest BCUT2D eigenvalue weighted by Gasteiger charge is -2.10. The number of anilines is 1. The van der Waals surface area contributed by atoms with Crippen molar-refractivity contribution in [1.82, 2.24) is 0 Å². The molecular formula is C16H18N2O. The van der Waals surface area contributed by atoms with Crippen molar-refractivity contribution in [2.45, 2.75) is 33.1 Å². The van der Waals surface area contributed by atoms with Crippen LogP contribution in [-0.4, -0.2) is 5.91 Å². The summed E-state index contributed by atoms with van der Waals surface area (Å²) in [5.74, 6) is 0.0646. The summed E-state index contributed by atoms with van der Waals surface area (Å²) in [6.45, 7) is 4.05. The van der Waals surface area contributed by atoms with Crippen LogP contribution in [0.5, 0.6) is 0 Å². The highest BCUT2D eigenvalue weighted by Gasteiger charge is 2.24. The molecule has 3 nitrogen and oxygen atoms in total. The number of allylic oxidation sites excluding steroid dienone is 1. The van der Waals surface area contributed by atoms with Crippen LogP contribution in [0.2, 0.25) is 0 Å². The Balaban J connectivity index is 2.21. The number of amides is 1. The van der Waals surface area contributed by atoms with Crippen molar-refractivity contribution in [2.75, 3.05) is 5.32 Å². The third-order valence-corrected chi connectivity index (χ3v) is 3.61. The molecule has 1 fully saturated rings. The van der Waals surface area contributed by atoms with Crippen molar-refractivity contribution in [3.63, 3.8) is 0 Å². The Hall–Kier alpha value is -2.08. The van der Waals surface area contributed by atoms with E-state index in [1.54, 1.807) is 0 Å². The third-order valence-electron chi connectivity index (χ3n) is 3.61. The smallest absolute Gasteiger partial charge is 0.266 e. The molecule has 1 aliphatic carbocycles. The highest BCUT2D eigenvalue weighted by Crippen LogP contribution is 2.33. The lowest BCUT2D eigenvalue weighted by atomic mass is 9.99. The van der Waals surface area contributed by atoms with Crippen LogP contribution < -0.4 is 5.32 Å². The van der Waals surface area contributed by atoms with Gasteiger partial charge in [-0.1, -0.05) is 19.1 Å². The second-order valence-electron chi connectivity index (χ2n) is 5.13. The number of benzene rings is 1. The summed E-state index contributed by atoms with van der Waals surface area (Å²) in [6.07, 6.45) is 3.00. The number of rotatable bonds is 2. The molecule has 0 radical (unpaired) electrons. The summed E-state index contributed by atoms with van der Waals surface area (Å²) < 4.78 is 0. The highest BCUT2D eigenvalue weighted by atomic mass is 16.1. The highest BCUT2D eigenvalue weighted by molar-refractivity contribution is 6.07. The number of carbonyl (C=O) groups excluding carboxylic acids is 1. The molecule has 1 aromatic rings. The number of hydrogen-bond acceptors (Lipinski definition) is 2. The predicted octanol–water partition coefficient (Wildman–Crippen LogP) is 3.57. The molecule has 0 aliphatic heterocycles. The van der Waals surface area contributed by atoms with E-state index in [0.717, 1.165) is 36.1 Å². The van der Waals surface area contributed by atoms with Gasteiger partial charge in [0.25, 0.3) is 5.91 Å². The van der Waals surface area contributed by atoms with Gasteiger partial charge < -0.3 is 5.32 Å². The van der Waals surface area contributed by atoms with Crippen LogP contribution in [0.3, 0.4) is 0 Å². The van der Waals surface area contributed by atoms with Crippen LogP contribution in [0, 0.1) is 24.2 Å². The van der Waals surface area contributed by atoms with E-state index in [0.29, 0.717) is 11.5 Å². The normalized spacial score (nSPS) is 20.8. The lowest BCUT2D eigenvalue weighted by Crippen LogP contribution is -2.16. The van der Waals surface area contributed by atoms with Gasteiger partial charge in [-0.3, -0.25) is 4.79 Å². The van der Waals surface area contributed by atoms with Gasteiger partial charge in [-0.15, -0.1) is 0 Å². The summed E-state index contributed by atoms with van der Waals surface area (Å²) in [5, 5.41) is 12.1. The van der Waals surface area contributed by atoms with Crippen molar-refractivity contribution in [3.05, 3.63) is 41.0 Å². The fraction of sp³-hybridized carbons (Fsp3) is 0.375. The molecule has 1 unspecified atom stereocenters. The van der Waals surface area contributed by atoms with E-state index in [-0.39, 0.29) is 5.91 Å². The molecular weight excluding hydrogens is 236 g/mol. The fourth-order valence-electron chi connectivity index (χ4n) is 2.58. The Bertz CT molecular complexity index is 566. The first-order valence-electron chi connectivity index (χ1n) is 6.63. The van der Waals surface area contributed by atoms with Crippen molar-refractivity contribution in [3.8, 4) is 6.07 Å². The number of nitrogens with zero attached hydrogens (tertiary/aromatic N) is 1. The average molecular weight is 254 g/mol. The molecule has 0 saturated heterocycles. The summed E-state index contributed by atoms with van der Waals surface area (Å²) in [4.78, 5) is 12.2. The Labute approximate surface area is 113 Å². The fourth-order valence-corrected chi connectivity index (χ4v) is 2.58. The van der Waals surface area contributed by atoms with Crippen LogP contribution in [0.4, 0.5) is 5.69 Å². The van der Waals surface area contributed by atoms with Gasteiger partial charge in [0.2, 0.25) is 0 Å². The molecule has 0 bridgehead atoms. The molecule has 1 aromatic carbocycles. The standard InChI is InChI=1S/C16H18N2O/c1-11-5-3-7-13(9-11)18-16(19)15(10-17)14-8-4-6-12(14)2/h3,5,7,9,12H,4,6,8H2,1-2H3,(H,18,19). The Morgan fingerprint density at radius 2 is 2.26 bits per heavy atom. The average Bonchev–Trinajstić information content (AvgIpc) is 2.77. The van der Waals surface area contributed by atoms with E-state index in [1.807, 2.05) is 31.2 Å². The molecule has 0 spiro atoms. The minimum atomic E-state index is -0.281. The van der Waals surface area contributed by atoms with Gasteiger partial charge in [0.15, 0.2) is 0 Å². The van der Waals surface area contributed by atoms with Crippen molar-refractivity contribution in [1.29, 1.82) is 5.26 Å². The van der Waals surface area contributed by atoms with E-state index in [9.17, 15) is 10.1 Å². The van der Waals surface area contributed by atoms with Gasteiger partial charge in [-0.25, -0.2) is 0 Å². The van der Waals surface area contributed by atoms with E-state index in [4.69, 9.17) is 0 Å². The van der Waals surface area contributed by atoms with Crippen LogP contribution in [0.1, 0.15) is 31.7 Å². The number of nitrogens with one attached hydrogen (secondary N) is 1. The zero-order valence-corrected chi connectivity index (χ0v) is 11.4. The lowest BCUT2D eigenvalue weighted by molar-refractivity contribution is -0.112. The first-order valence-corrected chi connectivity index (χ1v) is 6.63. The van der Waals surface area contributed by atoms with E-state index in [1.165, 1.54) is 0 Å². The molecule has 1 saturated carbocycles. The predicted molar refractivity (Wildman–Crippen MR) is 75.5 cm³/mol. The van der Waals surface area contributed by atoms with Gasteiger partial charge in [0.1, 0.15) is 11.6 Å². The SMILES string of the molecule is Cc1cccc(NC(=O)C(C#N)=C2CCCC2C)c1. The molecule has 19 heavy (non-hydrogen) atoms. The summed E-state index contributed by atoms with van der Waals surface area (Å²) in [5.41, 5.74) is 3.13. The summed E-state index contributed by atoms with van der Waals surface area (Å²) in [7, 11) is 0. The van der Waals surface area contributed by atoms with Crippen LogP contribution in [-0.2, 0) is 4.79 Å². The van der Waals surface area contributed by atoms with Gasteiger partial charge >= 0.3 is 0 Å². The first kappa shape index (κ1) is 13.4. The Kier molecular flexibility index (Phi) is 4.01. The molecule has 1 N–H and O–H groups in total. The van der Waals surface area contributed by atoms with Gasteiger partial charge in [-0.05, 0) is 55.4 Å². The summed E-state index contributed by atoms with van der Waals surface area (Å²) in [6, 6.07) is 9.67. The maximum Gasteiger partial charge on any atom is 0.266 e. The maximum atomic E-state index is 12.2. The quantitative estimate of drug-likeness (QED) is 0.648. The topological polar surface area (TPSA) is 52.9 Å². The van der Waals surface area contributed by atoms with Crippen molar-refractivity contribution in [2.24, 2.45) is 5.92 Å². The van der Waals surface area contributed by atoms with Crippen molar-refractivity contribution < 1.29 is 4.79 Å². The Morgan fingerprint density at radius 1 is 1.47 bits per heavy atom. The minimum absolute atomic E-state index is 0.281. The van der Waals surface area contributed by atoms with E-state index >= 15 is 0 Å². The largest absolute Gasteiger partial charge is 0.321 e. The molecule has 0 heterocycles. The van der Waals surface area contributed by atoms with E-state index in [2.05, 4.69) is 18.3 Å². The first-order chi connectivity index (χ1) is 9.11. The molecule has 1 atom stereocenters. The minimum Gasteiger partial charge on any atom is -0.321 e. The Morgan fingerprint density at radius 3 is 2.84 bits per heavy atom. The molecule has 0 aromatic heterocycles. The molecule has 1 amide bonds.